The molecular weight excluding hydrogens is 172 g/mol. The van der Waals surface area contributed by atoms with E-state index in [1.54, 1.807) is 0 Å². The fourth-order valence-electron chi connectivity index (χ4n) is 1.57. The van der Waals surface area contributed by atoms with Crippen molar-refractivity contribution in [2.45, 2.75) is 53.5 Å². The standard InChI is InChI=1S/C12H22N2/c1-8(2)10(5)12-7-14(9(3)4)13-11(12)6/h7-10H,1-6H3. The highest BCUT2D eigenvalue weighted by atomic mass is 15.3. The molecule has 0 amide bonds. The Morgan fingerprint density at radius 1 is 1.14 bits per heavy atom. The van der Waals surface area contributed by atoms with Crippen LogP contribution >= 0.6 is 0 Å². The van der Waals surface area contributed by atoms with Crippen molar-refractivity contribution in [2.24, 2.45) is 5.92 Å². The Morgan fingerprint density at radius 3 is 2.07 bits per heavy atom. The molecule has 0 aliphatic carbocycles. The first-order valence-corrected chi connectivity index (χ1v) is 5.49. The van der Waals surface area contributed by atoms with Crippen molar-refractivity contribution >= 4 is 0 Å². The van der Waals surface area contributed by atoms with Crippen LogP contribution in [0.25, 0.3) is 0 Å². The highest BCUT2D eigenvalue weighted by Gasteiger charge is 2.16. The van der Waals surface area contributed by atoms with Crippen molar-refractivity contribution in [2.75, 3.05) is 0 Å². The van der Waals surface area contributed by atoms with E-state index in [-0.39, 0.29) is 0 Å². The highest BCUT2D eigenvalue weighted by molar-refractivity contribution is 5.20. The molecule has 80 valence electrons. The Morgan fingerprint density at radius 2 is 1.71 bits per heavy atom. The van der Waals surface area contributed by atoms with Crippen LogP contribution in [0.5, 0.6) is 0 Å². The lowest BCUT2D eigenvalue weighted by molar-refractivity contribution is 0.520. The molecular formula is C12H22N2. The number of nitrogens with zero attached hydrogens (tertiary/aromatic N) is 2. The second-order valence-corrected chi connectivity index (χ2v) is 4.78. The van der Waals surface area contributed by atoms with Gasteiger partial charge in [0.25, 0.3) is 0 Å². The van der Waals surface area contributed by atoms with E-state index in [9.17, 15) is 0 Å². The molecule has 1 unspecified atom stereocenters. The zero-order valence-electron chi connectivity index (χ0n) is 10.2. The minimum absolute atomic E-state index is 0.460. The van der Waals surface area contributed by atoms with E-state index < -0.39 is 0 Å². The van der Waals surface area contributed by atoms with E-state index >= 15 is 0 Å². The van der Waals surface area contributed by atoms with Crippen LogP contribution in [0.15, 0.2) is 6.20 Å². The van der Waals surface area contributed by atoms with E-state index in [1.165, 1.54) is 11.3 Å². The zero-order valence-corrected chi connectivity index (χ0v) is 10.2. The number of aryl methyl sites for hydroxylation is 1. The second kappa shape index (κ2) is 4.16. The fourth-order valence-corrected chi connectivity index (χ4v) is 1.57. The minimum Gasteiger partial charge on any atom is -0.270 e. The molecule has 1 rings (SSSR count). The van der Waals surface area contributed by atoms with Gasteiger partial charge in [0.05, 0.1) is 5.69 Å². The van der Waals surface area contributed by atoms with Gasteiger partial charge in [0.2, 0.25) is 0 Å². The summed E-state index contributed by atoms with van der Waals surface area (Å²) in [6, 6.07) is 0.460. The normalized spacial score (nSPS) is 14.0. The van der Waals surface area contributed by atoms with Crippen molar-refractivity contribution in [3.63, 3.8) is 0 Å². The molecule has 0 aromatic carbocycles. The van der Waals surface area contributed by atoms with Crippen molar-refractivity contribution in [3.05, 3.63) is 17.5 Å². The van der Waals surface area contributed by atoms with E-state index in [1.807, 2.05) is 0 Å². The first-order chi connectivity index (χ1) is 6.43. The SMILES string of the molecule is Cc1nn(C(C)C)cc1C(C)C(C)C. The topological polar surface area (TPSA) is 17.8 Å². The Kier molecular flexibility index (Phi) is 3.35. The van der Waals surface area contributed by atoms with E-state index in [2.05, 4.69) is 57.5 Å². The van der Waals surface area contributed by atoms with Crippen LogP contribution in [0.2, 0.25) is 0 Å². The third-order valence-corrected chi connectivity index (χ3v) is 2.97. The molecule has 0 aliphatic rings. The van der Waals surface area contributed by atoms with Crippen LogP contribution in [-0.4, -0.2) is 9.78 Å². The Labute approximate surface area is 87.3 Å². The van der Waals surface area contributed by atoms with Crippen LogP contribution in [-0.2, 0) is 0 Å². The smallest absolute Gasteiger partial charge is 0.0628 e. The van der Waals surface area contributed by atoms with Crippen molar-refractivity contribution in [3.8, 4) is 0 Å². The second-order valence-electron chi connectivity index (χ2n) is 4.78. The number of hydrogen-bond donors (Lipinski definition) is 0. The van der Waals surface area contributed by atoms with Gasteiger partial charge in [0.1, 0.15) is 0 Å². The lowest BCUT2D eigenvalue weighted by atomic mass is 9.91. The molecule has 0 aliphatic heterocycles. The average Bonchev–Trinajstić information content (AvgIpc) is 2.46. The maximum atomic E-state index is 4.53. The summed E-state index contributed by atoms with van der Waals surface area (Å²) in [4.78, 5) is 0. The molecule has 2 heteroatoms. The van der Waals surface area contributed by atoms with Crippen LogP contribution in [0.4, 0.5) is 0 Å². The molecule has 0 saturated heterocycles. The Hall–Kier alpha value is -0.790. The predicted molar refractivity (Wildman–Crippen MR) is 60.6 cm³/mol. The summed E-state index contributed by atoms with van der Waals surface area (Å²) < 4.78 is 2.06. The first kappa shape index (κ1) is 11.3. The zero-order chi connectivity index (χ0) is 10.9. The van der Waals surface area contributed by atoms with Gasteiger partial charge >= 0.3 is 0 Å². The molecule has 0 saturated carbocycles. The monoisotopic (exact) mass is 194 g/mol. The molecule has 1 atom stereocenters. The maximum absolute atomic E-state index is 4.53. The summed E-state index contributed by atoms with van der Waals surface area (Å²) in [5.41, 5.74) is 2.58. The van der Waals surface area contributed by atoms with Gasteiger partial charge in [-0.1, -0.05) is 20.8 Å². The molecule has 0 N–H and O–H groups in total. The number of aromatic nitrogens is 2. The van der Waals surface area contributed by atoms with Crippen LogP contribution in [0.3, 0.4) is 0 Å². The van der Waals surface area contributed by atoms with Gasteiger partial charge in [0.15, 0.2) is 0 Å². The number of hydrogen-bond acceptors (Lipinski definition) is 1. The molecule has 0 spiro atoms. The van der Waals surface area contributed by atoms with Crippen LogP contribution in [0, 0.1) is 12.8 Å². The van der Waals surface area contributed by atoms with Gasteiger partial charge in [-0.2, -0.15) is 5.10 Å². The van der Waals surface area contributed by atoms with Gasteiger partial charge in [-0.05, 0) is 38.2 Å². The molecule has 0 bridgehead atoms. The van der Waals surface area contributed by atoms with Crippen molar-refractivity contribution in [1.82, 2.24) is 9.78 Å². The van der Waals surface area contributed by atoms with Gasteiger partial charge in [0, 0.05) is 12.2 Å². The maximum Gasteiger partial charge on any atom is 0.0628 e. The molecule has 0 fully saturated rings. The fraction of sp³-hybridized carbons (Fsp3) is 0.750. The molecule has 1 heterocycles. The van der Waals surface area contributed by atoms with Gasteiger partial charge < -0.3 is 0 Å². The van der Waals surface area contributed by atoms with Crippen molar-refractivity contribution < 1.29 is 0 Å². The predicted octanol–water partition coefficient (Wildman–Crippen LogP) is 3.53. The van der Waals surface area contributed by atoms with Crippen LogP contribution in [0.1, 0.15) is 57.8 Å². The average molecular weight is 194 g/mol. The lowest BCUT2D eigenvalue weighted by Gasteiger charge is -2.14. The van der Waals surface area contributed by atoms with E-state index in [0.29, 0.717) is 17.9 Å². The minimum atomic E-state index is 0.460. The molecule has 2 nitrogen and oxygen atoms in total. The molecule has 1 aromatic heterocycles. The summed E-state index contributed by atoms with van der Waals surface area (Å²) in [6.45, 7) is 13.2. The number of rotatable bonds is 3. The summed E-state index contributed by atoms with van der Waals surface area (Å²) >= 11 is 0. The summed E-state index contributed by atoms with van der Waals surface area (Å²) in [6.07, 6.45) is 2.20. The van der Waals surface area contributed by atoms with E-state index in [4.69, 9.17) is 0 Å². The lowest BCUT2D eigenvalue weighted by Crippen LogP contribution is -2.02. The summed E-state index contributed by atoms with van der Waals surface area (Å²) in [5.74, 6) is 1.28. The van der Waals surface area contributed by atoms with Crippen molar-refractivity contribution in [1.29, 1.82) is 0 Å². The first-order valence-electron chi connectivity index (χ1n) is 5.49. The quantitative estimate of drug-likeness (QED) is 0.719. The molecule has 0 radical (unpaired) electrons. The van der Waals surface area contributed by atoms with Gasteiger partial charge in [-0.25, -0.2) is 0 Å². The third kappa shape index (κ3) is 2.17. The summed E-state index contributed by atoms with van der Waals surface area (Å²) in [7, 11) is 0. The largest absolute Gasteiger partial charge is 0.270 e. The van der Waals surface area contributed by atoms with Gasteiger partial charge in [-0.3, -0.25) is 4.68 Å². The summed E-state index contributed by atoms with van der Waals surface area (Å²) in [5, 5.41) is 4.53. The Bertz CT molecular complexity index is 297. The van der Waals surface area contributed by atoms with Gasteiger partial charge in [-0.15, -0.1) is 0 Å². The Balaban J connectivity index is 2.98. The third-order valence-electron chi connectivity index (χ3n) is 2.97. The molecule has 14 heavy (non-hydrogen) atoms. The van der Waals surface area contributed by atoms with Crippen LogP contribution < -0.4 is 0 Å². The van der Waals surface area contributed by atoms with E-state index in [0.717, 1.165) is 0 Å². The highest BCUT2D eigenvalue weighted by Crippen LogP contribution is 2.26. The molecule has 1 aromatic rings.